The molecule has 1 aliphatic carbocycles. The SMILES string of the molecule is CCCOC1CCCCC1.N#Cc1c(C(=O)O)ccc(C(=O)O)c1C#N. The molecule has 0 bridgehead atoms. The van der Waals surface area contributed by atoms with Gasteiger partial charge in [-0.15, -0.1) is 0 Å². The molecule has 26 heavy (non-hydrogen) atoms. The molecule has 1 saturated carbocycles. The number of carbonyl (C=O) groups is 2. The second kappa shape index (κ2) is 10.9. The minimum absolute atomic E-state index is 0.385. The maximum absolute atomic E-state index is 10.7. The predicted molar refractivity (Wildman–Crippen MR) is 92.9 cm³/mol. The third kappa shape index (κ3) is 5.87. The maximum atomic E-state index is 10.7. The molecule has 0 amide bonds. The van der Waals surface area contributed by atoms with Crippen LogP contribution < -0.4 is 0 Å². The largest absolute Gasteiger partial charge is 0.478 e. The van der Waals surface area contributed by atoms with E-state index in [0.717, 1.165) is 25.2 Å². The normalized spacial score (nSPS) is 13.7. The lowest BCUT2D eigenvalue weighted by Gasteiger charge is -2.21. The Labute approximate surface area is 152 Å². The second-order valence-corrected chi connectivity index (χ2v) is 5.88. The van der Waals surface area contributed by atoms with Gasteiger partial charge in [0.25, 0.3) is 0 Å². The Hall–Kier alpha value is -2.90. The fourth-order valence-electron chi connectivity index (χ4n) is 2.71. The number of ether oxygens (including phenoxy) is 1. The van der Waals surface area contributed by atoms with Crippen molar-refractivity contribution in [2.24, 2.45) is 0 Å². The summed E-state index contributed by atoms with van der Waals surface area (Å²) in [5, 5.41) is 34.9. The van der Waals surface area contributed by atoms with Crippen LogP contribution in [0.1, 0.15) is 77.3 Å². The summed E-state index contributed by atoms with van der Waals surface area (Å²) in [6.07, 6.45) is 8.57. The number of nitriles is 2. The molecular formula is C19H22N2O5. The topological polar surface area (TPSA) is 131 Å². The van der Waals surface area contributed by atoms with Crippen molar-refractivity contribution in [2.75, 3.05) is 6.61 Å². The van der Waals surface area contributed by atoms with E-state index in [9.17, 15) is 9.59 Å². The zero-order valence-corrected chi connectivity index (χ0v) is 14.7. The molecule has 138 valence electrons. The van der Waals surface area contributed by atoms with Crippen LogP contribution in [0.3, 0.4) is 0 Å². The van der Waals surface area contributed by atoms with E-state index in [0.29, 0.717) is 6.10 Å². The number of benzene rings is 1. The first kappa shape index (κ1) is 21.1. The highest BCUT2D eigenvalue weighted by Crippen LogP contribution is 2.20. The van der Waals surface area contributed by atoms with Crippen LogP contribution in [0, 0.1) is 22.7 Å². The number of aromatic carboxylic acids is 2. The summed E-state index contributed by atoms with van der Waals surface area (Å²) in [6.45, 7) is 3.13. The third-order valence-corrected chi connectivity index (χ3v) is 4.00. The molecule has 0 saturated heterocycles. The summed E-state index contributed by atoms with van der Waals surface area (Å²) in [5.74, 6) is -2.77. The number of carboxylic acid groups (broad SMARTS) is 2. The Bertz CT molecular complexity index is 674. The molecule has 1 aromatic carbocycles. The minimum Gasteiger partial charge on any atom is -0.478 e. The molecule has 0 spiro atoms. The molecule has 7 heteroatoms. The second-order valence-electron chi connectivity index (χ2n) is 5.88. The van der Waals surface area contributed by atoms with Crippen molar-refractivity contribution in [1.82, 2.24) is 0 Å². The fourth-order valence-corrected chi connectivity index (χ4v) is 2.71. The van der Waals surface area contributed by atoms with Crippen molar-refractivity contribution in [1.29, 1.82) is 10.5 Å². The van der Waals surface area contributed by atoms with Crippen molar-refractivity contribution >= 4 is 11.9 Å². The summed E-state index contributed by atoms with van der Waals surface area (Å²) < 4.78 is 5.63. The first-order chi connectivity index (χ1) is 12.5. The van der Waals surface area contributed by atoms with E-state index in [1.807, 2.05) is 0 Å². The van der Waals surface area contributed by atoms with Crippen LogP contribution in [-0.2, 0) is 4.74 Å². The van der Waals surface area contributed by atoms with Gasteiger partial charge in [0, 0.05) is 6.61 Å². The van der Waals surface area contributed by atoms with Crippen LogP contribution >= 0.6 is 0 Å². The van der Waals surface area contributed by atoms with E-state index in [-0.39, 0.29) is 11.1 Å². The van der Waals surface area contributed by atoms with Gasteiger partial charge in [0.1, 0.15) is 12.1 Å². The Morgan fingerprint density at radius 1 is 1.04 bits per heavy atom. The Morgan fingerprint density at radius 2 is 1.50 bits per heavy atom. The van der Waals surface area contributed by atoms with Crippen molar-refractivity contribution in [3.8, 4) is 12.1 Å². The lowest BCUT2D eigenvalue weighted by Crippen LogP contribution is -2.16. The van der Waals surface area contributed by atoms with Crippen LogP contribution in [-0.4, -0.2) is 34.9 Å². The standard InChI is InChI=1S/C10H4N2O4.C9H18O/c11-3-7-5(9(13)14)1-2-6(10(15)16)8(7)4-12;1-2-8-10-9-6-4-3-5-7-9/h1-2H,(H,13,14)(H,15,16);9H,2-8H2,1H3. The summed E-state index contributed by atoms with van der Waals surface area (Å²) in [6, 6.07) is 5.03. The summed E-state index contributed by atoms with van der Waals surface area (Å²) in [7, 11) is 0. The summed E-state index contributed by atoms with van der Waals surface area (Å²) >= 11 is 0. The predicted octanol–water partition coefficient (Wildman–Crippen LogP) is 3.57. The first-order valence-corrected chi connectivity index (χ1v) is 8.51. The van der Waals surface area contributed by atoms with E-state index in [4.69, 9.17) is 25.5 Å². The van der Waals surface area contributed by atoms with E-state index in [1.54, 1.807) is 0 Å². The summed E-state index contributed by atoms with van der Waals surface area (Å²) in [4.78, 5) is 21.4. The average molecular weight is 358 g/mol. The molecule has 0 atom stereocenters. The Balaban J connectivity index is 0.000000289. The molecule has 0 heterocycles. The number of carboxylic acids is 2. The van der Waals surface area contributed by atoms with Crippen LogP contribution in [0.5, 0.6) is 0 Å². The molecular weight excluding hydrogens is 336 g/mol. The van der Waals surface area contributed by atoms with Crippen LogP contribution in [0.2, 0.25) is 0 Å². The van der Waals surface area contributed by atoms with Crippen LogP contribution in [0.15, 0.2) is 12.1 Å². The smallest absolute Gasteiger partial charge is 0.337 e. The van der Waals surface area contributed by atoms with Crippen molar-refractivity contribution in [3.05, 3.63) is 34.4 Å². The van der Waals surface area contributed by atoms with Crippen LogP contribution in [0.25, 0.3) is 0 Å². The number of rotatable bonds is 5. The summed E-state index contributed by atoms with van der Waals surface area (Å²) in [5.41, 5.74) is -1.64. The minimum atomic E-state index is -1.38. The molecule has 2 N–H and O–H groups in total. The van der Waals surface area contributed by atoms with Gasteiger partial charge in [-0.3, -0.25) is 0 Å². The van der Waals surface area contributed by atoms with E-state index in [1.165, 1.54) is 44.2 Å². The molecule has 2 rings (SSSR count). The Kier molecular flexibility index (Phi) is 8.83. The van der Waals surface area contributed by atoms with E-state index >= 15 is 0 Å². The van der Waals surface area contributed by atoms with Gasteiger partial charge >= 0.3 is 11.9 Å². The van der Waals surface area contributed by atoms with Gasteiger partial charge in [-0.25, -0.2) is 9.59 Å². The molecule has 0 unspecified atom stereocenters. The number of hydrogen-bond acceptors (Lipinski definition) is 5. The third-order valence-electron chi connectivity index (χ3n) is 4.00. The average Bonchev–Trinajstić information content (AvgIpc) is 2.66. The van der Waals surface area contributed by atoms with E-state index < -0.39 is 23.1 Å². The quantitative estimate of drug-likeness (QED) is 0.822. The van der Waals surface area contributed by atoms with Gasteiger partial charge in [0.15, 0.2) is 0 Å². The first-order valence-electron chi connectivity index (χ1n) is 8.51. The molecule has 1 aromatic rings. The molecule has 0 aromatic heterocycles. The van der Waals surface area contributed by atoms with Gasteiger partial charge in [0.05, 0.1) is 28.4 Å². The fraction of sp³-hybridized carbons (Fsp3) is 0.474. The van der Waals surface area contributed by atoms with Crippen molar-refractivity contribution < 1.29 is 24.5 Å². The number of nitrogens with zero attached hydrogens (tertiary/aromatic N) is 2. The highest BCUT2D eigenvalue weighted by molar-refractivity contribution is 5.97. The molecule has 1 aliphatic rings. The lowest BCUT2D eigenvalue weighted by atomic mass is 9.97. The van der Waals surface area contributed by atoms with Gasteiger partial charge in [-0.1, -0.05) is 26.2 Å². The molecule has 0 radical (unpaired) electrons. The van der Waals surface area contributed by atoms with Crippen molar-refractivity contribution in [2.45, 2.75) is 51.6 Å². The van der Waals surface area contributed by atoms with Gasteiger partial charge in [-0.05, 0) is 31.4 Å². The molecule has 7 nitrogen and oxygen atoms in total. The number of hydrogen-bond donors (Lipinski definition) is 2. The van der Waals surface area contributed by atoms with Crippen LogP contribution in [0.4, 0.5) is 0 Å². The lowest BCUT2D eigenvalue weighted by molar-refractivity contribution is 0.0289. The van der Waals surface area contributed by atoms with Gasteiger partial charge < -0.3 is 14.9 Å². The Morgan fingerprint density at radius 3 is 1.85 bits per heavy atom. The monoisotopic (exact) mass is 358 g/mol. The zero-order chi connectivity index (χ0) is 19.5. The van der Waals surface area contributed by atoms with Gasteiger partial charge in [-0.2, -0.15) is 10.5 Å². The van der Waals surface area contributed by atoms with E-state index in [2.05, 4.69) is 6.92 Å². The highest BCUT2D eigenvalue weighted by atomic mass is 16.5. The van der Waals surface area contributed by atoms with Crippen molar-refractivity contribution in [3.63, 3.8) is 0 Å². The molecule has 1 fully saturated rings. The van der Waals surface area contributed by atoms with Gasteiger partial charge in [0.2, 0.25) is 0 Å². The molecule has 0 aliphatic heterocycles. The highest BCUT2D eigenvalue weighted by Gasteiger charge is 2.20. The zero-order valence-electron chi connectivity index (χ0n) is 14.7. The maximum Gasteiger partial charge on any atom is 0.337 e.